The second kappa shape index (κ2) is 7.37. The molecule has 1 aliphatic rings. The van der Waals surface area contributed by atoms with E-state index in [4.69, 9.17) is 9.47 Å². The Balaban J connectivity index is 1.67. The summed E-state index contributed by atoms with van der Waals surface area (Å²) in [5.41, 5.74) is 3.36. The molecular weight excluding hydrogens is 356 g/mol. The molecule has 0 aliphatic carbocycles. The van der Waals surface area contributed by atoms with Crippen LogP contribution in [0.25, 0.3) is 0 Å². The van der Waals surface area contributed by atoms with Crippen molar-refractivity contribution in [3.05, 3.63) is 33.6 Å². The summed E-state index contributed by atoms with van der Waals surface area (Å²) in [6, 6.07) is 1.40. The molecule has 1 saturated heterocycles. The van der Waals surface area contributed by atoms with Crippen molar-refractivity contribution in [2.45, 2.75) is 36.3 Å². The van der Waals surface area contributed by atoms with Gasteiger partial charge < -0.3 is 9.47 Å². The minimum atomic E-state index is -3.56. The van der Waals surface area contributed by atoms with Crippen LogP contribution in [0.5, 0.6) is 0 Å². The smallest absolute Gasteiger partial charge is 0.250 e. The van der Waals surface area contributed by atoms with Crippen molar-refractivity contribution in [3.63, 3.8) is 0 Å². The largest absolute Gasteiger partial charge is 0.380 e. The van der Waals surface area contributed by atoms with Crippen molar-refractivity contribution in [2.24, 2.45) is 0 Å². The third-order valence-electron chi connectivity index (χ3n) is 3.59. The van der Waals surface area contributed by atoms with Gasteiger partial charge in [-0.25, -0.2) is 18.1 Å². The van der Waals surface area contributed by atoms with Gasteiger partial charge in [0, 0.05) is 12.0 Å². The monoisotopic (exact) mass is 374 g/mol. The molecule has 1 fully saturated rings. The van der Waals surface area contributed by atoms with Crippen LogP contribution < -0.4 is 4.72 Å². The van der Waals surface area contributed by atoms with Gasteiger partial charge in [0.25, 0.3) is 10.0 Å². The lowest BCUT2D eigenvalue weighted by Crippen LogP contribution is -2.50. The van der Waals surface area contributed by atoms with Gasteiger partial charge in [0.2, 0.25) is 0 Å². The highest BCUT2D eigenvalue weighted by atomic mass is 32.2. The van der Waals surface area contributed by atoms with E-state index >= 15 is 0 Å². The Morgan fingerprint density at radius 3 is 3.09 bits per heavy atom. The number of ether oxygens (including phenoxy) is 2. The van der Waals surface area contributed by atoms with Gasteiger partial charge in [-0.2, -0.15) is 0 Å². The first-order valence-corrected chi connectivity index (χ1v) is 10.5. The van der Waals surface area contributed by atoms with E-state index in [2.05, 4.69) is 9.71 Å². The molecule has 3 heterocycles. The maximum Gasteiger partial charge on any atom is 0.250 e. The maximum absolute atomic E-state index is 12.5. The molecule has 2 aromatic rings. The number of rotatable bonds is 6. The van der Waals surface area contributed by atoms with Gasteiger partial charge in [-0.3, -0.25) is 0 Å². The average molecular weight is 375 g/mol. The SMILES string of the molecule is Cc1ccsc1S(=O)(=O)N[C@@H]1COCC[C@@H]1OCc1cscn1. The molecule has 6 nitrogen and oxygen atoms in total. The molecule has 2 aromatic heterocycles. The van der Waals surface area contributed by atoms with Crippen molar-refractivity contribution in [1.29, 1.82) is 0 Å². The Morgan fingerprint density at radius 1 is 1.52 bits per heavy atom. The summed E-state index contributed by atoms with van der Waals surface area (Å²) in [4.78, 5) is 4.18. The summed E-state index contributed by atoms with van der Waals surface area (Å²) in [7, 11) is -3.56. The molecule has 0 unspecified atom stereocenters. The average Bonchev–Trinajstić information content (AvgIpc) is 3.17. The molecule has 2 atom stereocenters. The van der Waals surface area contributed by atoms with E-state index in [1.807, 2.05) is 5.38 Å². The van der Waals surface area contributed by atoms with Crippen LogP contribution in [0.15, 0.2) is 26.5 Å². The quantitative estimate of drug-likeness (QED) is 0.838. The number of sulfonamides is 1. The number of aromatic nitrogens is 1. The Bertz CT molecular complexity index is 727. The highest BCUT2D eigenvalue weighted by molar-refractivity contribution is 7.91. The highest BCUT2D eigenvalue weighted by Crippen LogP contribution is 2.23. The number of hydrogen-bond acceptors (Lipinski definition) is 7. The first-order valence-electron chi connectivity index (χ1n) is 7.19. The van der Waals surface area contributed by atoms with Gasteiger partial charge in [0.05, 0.1) is 36.6 Å². The third-order valence-corrected chi connectivity index (χ3v) is 7.40. The minimum absolute atomic E-state index is 0.222. The Morgan fingerprint density at radius 2 is 2.39 bits per heavy atom. The molecule has 0 bridgehead atoms. The van der Waals surface area contributed by atoms with Crippen molar-refractivity contribution in [1.82, 2.24) is 9.71 Å². The maximum atomic E-state index is 12.5. The van der Waals surface area contributed by atoms with Crippen LogP contribution >= 0.6 is 22.7 Å². The molecule has 1 N–H and O–H groups in total. The number of thiophene rings is 1. The fourth-order valence-electron chi connectivity index (χ4n) is 2.42. The Kier molecular flexibility index (Phi) is 5.45. The number of thiazole rings is 1. The van der Waals surface area contributed by atoms with Gasteiger partial charge in [-0.15, -0.1) is 22.7 Å². The van der Waals surface area contributed by atoms with Gasteiger partial charge >= 0.3 is 0 Å². The molecular formula is C14H18N2O4S3. The lowest BCUT2D eigenvalue weighted by Gasteiger charge is -2.31. The Hall–Kier alpha value is -0.840. The zero-order chi connectivity index (χ0) is 16.3. The molecule has 9 heteroatoms. The van der Waals surface area contributed by atoms with Crippen molar-refractivity contribution >= 4 is 32.7 Å². The summed E-state index contributed by atoms with van der Waals surface area (Å²) in [5, 5.41) is 3.70. The van der Waals surface area contributed by atoms with Crippen LogP contribution in [-0.4, -0.2) is 38.8 Å². The molecule has 3 rings (SSSR count). The summed E-state index contributed by atoms with van der Waals surface area (Å²) in [6.07, 6.45) is 0.432. The van der Waals surface area contributed by atoms with E-state index in [0.717, 1.165) is 11.3 Å². The normalized spacial score (nSPS) is 22.3. The zero-order valence-electron chi connectivity index (χ0n) is 12.6. The first-order chi connectivity index (χ1) is 11.1. The van der Waals surface area contributed by atoms with Gasteiger partial charge in [-0.1, -0.05) is 0 Å². The number of nitrogens with one attached hydrogen (secondary N) is 1. The second-order valence-electron chi connectivity index (χ2n) is 5.31. The number of hydrogen-bond donors (Lipinski definition) is 1. The minimum Gasteiger partial charge on any atom is -0.380 e. The predicted octanol–water partition coefficient (Wildman–Crippen LogP) is 2.17. The van der Waals surface area contributed by atoms with Crippen molar-refractivity contribution in [3.8, 4) is 0 Å². The molecule has 1 aliphatic heterocycles. The molecule has 126 valence electrons. The molecule has 23 heavy (non-hydrogen) atoms. The predicted molar refractivity (Wildman–Crippen MR) is 89.3 cm³/mol. The lowest BCUT2D eigenvalue weighted by molar-refractivity contribution is -0.0578. The van der Waals surface area contributed by atoms with Gasteiger partial charge in [0.15, 0.2) is 0 Å². The molecule has 0 saturated carbocycles. The van der Waals surface area contributed by atoms with Crippen molar-refractivity contribution < 1.29 is 17.9 Å². The van der Waals surface area contributed by atoms with Crippen LogP contribution in [0.4, 0.5) is 0 Å². The van der Waals surface area contributed by atoms with Gasteiger partial charge in [-0.05, 0) is 30.4 Å². The number of aryl methyl sites for hydroxylation is 1. The van der Waals surface area contributed by atoms with Crippen LogP contribution in [0.1, 0.15) is 17.7 Å². The first kappa shape index (κ1) is 17.0. The van der Waals surface area contributed by atoms with Crippen LogP contribution in [0.2, 0.25) is 0 Å². The van der Waals surface area contributed by atoms with E-state index in [1.165, 1.54) is 22.7 Å². The third kappa shape index (κ3) is 4.17. The summed E-state index contributed by atoms with van der Waals surface area (Å²) < 4.78 is 39.5. The fourth-order valence-corrected chi connectivity index (χ4v) is 5.64. The zero-order valence-corrected chi connectivity index (χ0v) is 15.0. The summed E-state index contributed by atoms with van der Waals surface area (Å²) in [5.74, 6) is 0. The fraction of sp³-hybridized carbons (Fsp3) is 0.500. The van der Waals surface area contributed by atoms with Crippen LogP contribution in [-0.2, 0) is 26.1 Å². The second-order valence-corrected chi connectivity index (χ2v) is 8.86. The molecule has 0 aromatic carbocycles. The highest BCUT2D eigenvalue weighted by Gasteiger charge is 2.32. The topological polar surface area (TPSA) is 77.5 Å². The standard InChI is InChI=1S/C14H18N2O4S3/c1-10-3-5-22-14(10)23(17,18)16-12-7-19-4-2-13(12)20-6-11-8-21-9-15-11/h3,5,8-9,12-13,16H,2,4,6-7H2,1H3/t12-,13+/m1/s1. The summed E-state index contributed by atoms with van der Waals surface area (Å²) >= 11 is 2.73. The van der Waals surface area contributed by atoms with E-state index < -0.39 is 16.1 Å². The lowest BCUT2D eigenvalue weighted by atomic mass is 10.1. The molecule has 0 radical (unpaired) electrons. The Labute approximate surface area is 143 Å². The van der Waals surface area contributed by atoms with Crippen LogP contribution in [0, 0.1) is 6.92 Å². The van der Waals surface area contributed by atoms with E-state index in [-0.39, 0.29) is 6.10 Å². The number of nitrogens with zero attached hydrogens (tertiary/aromatic N) is 1. The summed E-state index contributed by atoms with van der Waals surface area (Å²) in [6.45, 7) is 3.05. The van der Waals surface area contributed by atoms with E-state index in [0.29, 0.717) is 30.5 Å². The molecule has 0 spiro atoms. The van der Waals surface area contributed by atoms with Crippen LogP contribution in [0.3, 0.4) is 0 Å². The van der Waals surface area contributed by atoms with Gasteiger partial charge in [0.1, 0.15) is 4.21 Å². The molecule has 0 amide bonds. The van der Waals surface area contributed by atoms with Crippen molar-refractivity contribution in [2.75, 3.05) is 13.2 Å². The van der Waals surface area contributed by atoms with E-state index in [1.54, 1.807) is 23.9 Å². The van der Waals surface area contributed by atoms with E-state index in [9.17, 15) is 8.42 Å².